The Balaban J connectivity index is 4.42. The van der Waals surface area contributed by atoms with E-state index in [2.05, 4.69) is 32.9 Å². The molecule has 0 saturated carbocycles. The lowest BCUT2D eigenvalue weighted by atomic mass is 10.0. The predicted octanol–water partition coefficient (Wildman–Crippen LogP) is 20.2. The third-order valence-corrected chi connectivity index (χ3v) is 13.1. The molecule has 0 bridgehead atoms. The number of allylic oxidation sites excluding steroid dienone is 12. The van der Waals surface area contributed by atoms with Gasteiger partial charge < -0.3 is 14.2 Å². The van der Waals surface area contributed by atoms with Gasteiger partial charge in [-0.05, 0) is 38.5 Å². The van der Waals surface area contributed by atoms with Crippen molar-refractivity contribution in [3.8, 4) is 0 Å². The van der Waals surface area contributed by atoms with E-state index in [1.54, 1.807) is 0 Å². The van der Waals surface area contributed by atoms with Crippen LogP contribution < -0.4 is 0 Å². The van der Waals surface area contributed by atoms with Crippen LogP contribution in [0.5, 0.6) is 0 Å². The van der Waals surface area contributed by atoms with Gasteiger partial charge in [0.05, 0.1) is 0 Å². The smallest absolute Gasteiger partial charge is 0.306 e. The summed E-state index contributed by atoms with van der Waals surface area (Å²) in [4.78, 5) is 38.2. The average Bonchev–Trinajstić information content (AvgIpc) is 3.36. The van der Waals surface area contributed by atoms with E-state index in [9.17, 15) is 14.4 Å². The van der Waals surface area contributed by atoms with E-state index in [0.29, 0.717) is 19.3 Å². The predicted molar refractivity (Wildman–Crippen MR) is 302 cm³/mol. The van der Waals surface area contributed by atoms with Crippen molar-refractivity contribution in [2.75, 3.05) is 13.2 Å². The number of unbranched alkanes of at least 4 members (excludes halogenated alkanes) is 36. The van der Waals surface area contributed by atoms with Crippen molar-refractivity contribution in [2.45, 2.75) is 303 Å². The highest BCUT2D eigenvalue weighted by molar-refractivity contribution is 5.71. The molecule has 404 valence electrons. The molecule has 0 heterocycles. The Morgan fingerprint density at radius 1 is 0.300 bits per heavy atom. The Morgan fingerprint density at radius 3 is 0.871 bits per heavy atom. The first-order valence-corrected chi connectivity index (χ1v) is 30.0. The van der Waals surface area contributed by atoms with Crippen molar-refractivity contribution < 1.29 is 28.6 Å². The van der Waals surface area contributed by atoms with Crippen LogP contribution in [-0.4, -0.2) is 37.2 Å². The highest BCUT2D eigenvalue weighted by Gasteiger charge is 2.19. The minimum Gasteiger partial charge on any atom is -0.462 e. The van der Waals surface area contributed by atoms with Gasteiger partial charge in [-0.1, -0.05) is 312 Å². The van der Waals surface area contributed by atoms with Crippen molar-refractivity contribution in [3.05, 3.63) is 72.9 Å². The monoisotopic (exact) mass is 977 g/mol. The van der Waals surface area contributed by atoms with Gasteiger partial charge >= 0.3 is 17.9 Å². The first-order valence-electron chi connectivity index (χ1n) is 30.0. The zero-order valence-corrected chi connectivity index (χ0v) is 46.3. The fraction of sp³-hybridized carbons (Fsp3) is 0.766. The SMILES string of the molecule is CC\C=C/C=C\C=C/C=C\C=C\C=C/CCCCCC(=O)OC(COC(=O)CCCCCCCCCCCCCCCCCCC)COC(=O)CCCCCCCCCCCCCCCCCCCC. The highest BCUT2D eigenvalue weighted by Crippen LogP contribution is 2.17. The second-order valence-corrected chi connectivity index (χ2v) is 20.0. The Hall–Kier alpha value is -3.15. The van der Waals surface area contributed by atoms with E-state index < -0.39 is 6.10 Å². The fourth-order valence-corrected chi connectivity index (χ4v) is 8.65. The number of rotatable bonds is 54. The summed E-state index contributed by atoms with van der Waals surface area (Å²) in [6.45, 7) is 6.50. The largest absolute Gasteiger partial charge is 0.462 e. The third-order valence-electron chi connectivity index (χ3n) is 13.1. The summed E-state index contributed by atoms with van der Waals surface area (Å²) in [7, 11) is 0. The number of carbonyl (C=O) groups excluding carboxylic acids is 3. The summed E-state index contributed by atoms with van der Waals surface area (Å²) in [6, 6.07) is 0. The van der Waals surface area contributed by atoms with Crippen LogP contribution in [0.25, 0.3) is 0 Å². The molecule has 0 aromatic heterocycles. The molecule has 0 N–H and O–H groups in total. The van der Waals surface area contributed by atoms with Crippen LogP contribution in [0.1, 0.15) is 297 Å². The van der Waals surface area contributed by atoms with E-state index in [1.165, 1.54) is 186 Å². The Labute approximate surface area is 433 Å². The quantitative estimate of drug-likeness (QED) is 0.0261. The van der Waals surface area contributed by atoms with Gasteiger partial charge in [0.1, 0.15) is 13.2 Å². The van der Waals surface area contributed by atoms with Gasteiger partial charge in [-0.2, -0.15) is 0 Å². The maximum absolute atomic E-state index is 12.9. The molecule has 0 aliphatic carbocycles. The third kappa shape index (κ3) is 55.8. The number of esters is 3. The molecule has 0 amide bonds. The van der Waals surface area contributed by atoms with Crippen molar-refractivity contribution >= 4 is 17.9 Å². The summed E-state index contributed by atoms with van der Waals surface area (Å²) in [5.74, 6) is -0.918. The number of hydrogen-bond donors (Lipinski definition) is 0. The lowest BCUT2D eigenvalue weighted by Gasteiger charge is -2.18. The molecule has 0 saturated heterocycles. The topological polar surface area (TPSA) is 78.9 Å². The zero-order valence-electron chi connectivity index (χ0n) is 46.3. The van der Waals surface area contributed by atoms with Gasteiger partial charge in [-0.15, -0.1) is 0 Å². The Bertz CT molecular complexity index is 1310. The first-order chi connectivity index (χ1) is 34.5. The molecule has 1 atom stereocenters. The van der Waals surface area contributed by atoms with Crippen molar-refractivity contribution in [1.82, 2.24) is 0 Å². The zero-order chi connectivity index (χ0) is 50.7. The molecule has 0 radical (unpaired) electrons. The summed E-state index contributed by atoms with van der Waals surface area (Å²) in [5.41, 5.74) is 0. The lowest BCUT2D eigenvalue weighted by Crippen LogP contribution is -2.30. The first kappa shape index (κ1) is 66.9. The van der Waals surface area contributed by atoms with E-state index in [-0.39, 0.29) is 37.5 Å². The molecular formula is C64H112O6. The molecular weight excluding hydrogens is 865 g/mol. The van der Waals surface area contributed by atoms with E-state index in [4.69, 9.17) is 14.2 Å². The molecule has 0 spiro atoms. The lowest BCUT2D eigenvalue weighted by molar-refractivity contribution is -0.167. The molecule has 0 aliphatic heterocycles. The maximum Gasteiger partial charge on any atom is 0.306 e. The molecule has 6 heteroatoms. The van der Waals surface area contributed by atoms with Crippen LogP contribution in [0.2, 0.25) is 0 Å². The van der Waals surface area contributed by atoms with Crippen molar-refractivity contribution in [3.63, 3.8) is 0 Å². The van der Waals surface area contributed by atoms with Crippen molar-refractivity contribution in [1.29, 1.82) is 0 Å². The molecule has 0 rings (SSSR count). The molecule has 0 aromatic carbocycles. The van der Waals surface area contributed by atoms with E-state index >= 15 is 0 Å². The summed E-state index contributed by atoms with van der Waals surface area (Å²) < 4.78 is 16.9. The van der Waals surface area contributed by atoms with Crippen LogP contribution in [0, 0.1) is 0 Å². The normalized spacial score (nSPS) is 12.6. The number of carbonyl (C=O) groups is 3. The van der Waals surface area contributed by atoms with Crippen LogP contribution in [-0.2, 0) is 28.6 Å². The van der Waals surface area contributed by atoms with E-state index in [1.807, 2.05) is 60.8 Å². The summed E-state index contributed by atoms with van der Waals surface area (Å²) >= 11 is 0. The van der Waals surface area contributed by atoms with Gasteiger partial charge in [0, 0.05) is 19.3 Å². The van der Waals surface area contributed by atoms with Crippen LogP contribution >= 0.6 is 0 Å². The van der Waals surface area contributed by atoms with E-state index in [0.717, 1.165) is 64.2 Å². The Morgan fingerprint density at radius 2 is 0.557 bits per heavy atom. The minimum atomic E-state index is -0.796. The molecule has 0 aliphatic rings. The van der Waals surface area contributed by atoms with Gasteiger partial charge in [0.2, 0.25) is 0 Å². The number of hydrogen-bond acceptors (Lipinski definition) is 6. The second kappa shape index (κ2) is 58.4. The van der Waals surface area contributed by atoms with Gasteiger partial charge in [-0.3, -0.25) is 14.4 Å². The van der Waals surface area contributed by atoms with Gasteiger partial charge in [0.15, 0.2) is 6.10 Å². The maximum atomic E-state index is 12.9. The molecule has 70 heavy (non-hydrogen) atoms. The summed E-state index contributed by atoms with van der Waals surface area (Å²) in [5, 5.41) is 0. The molecule has 6 nitrogen and oxygen atoms in total. The van der Waals surface area contributed by atoms with Crippen LogP contribution in [0.15, 0.2) is 72.9 Å². The molecule has 1 unspecified atom stereocenters. The second-order valence-electron chi connectivity index (χ2n) is 20.0. The highest BCUT2D eigenvalue weighted by atomic mass is 16.6. The fourth-order valence-electron chi connectivity index (χ4n) is 8.65. The van der Waals surface area contributed by atoms with Gasteiger partial charge in [-0.25, -0.2) is 0 Å². The Kier molecular flexibility index (Phi) is 55.8. The molecule has 0 fully saturated rings. The van der Waals surface area contributed by atoms with Crippen LogP contribution in [0.3, 0.4) is 0 Å². The minimum absolute atomic E-state index is 0.0898. The van der Waals surface area contributed by atoms with Crippen LogP contribution in [0.4, 0.5) is 0 Å². The van der Waals surface area contributed by atoms with Crippen molar-refractivity contribution in [2.24, 2.45) is 0 Å². The van der Waals surface area contributed by atoms with Gasteiger partial charge in [0.25, 0.3) is 0 Å². The molecule has 0 aromatic rings. The standard InChI is InChI=1S/C64H112O6/c1-4-7-10-13-16-19-22-25-28-31-34-36-39-42-45-48-51-54-57-63(66)69-60-61(70-64(67)58-55-52-49-46-43-40-37-33-30-27-24-21-18-15-12-9-6-3)59-68-62(65)56-53-50-47-44-41-38-35-32-29-26-23-20-17-14-11-8-5-2/h9,12,15,18,21,24,27,30,33,37,40,43,61H,4-8,10-11,13-14,16-17,19-20,22-23,25-26,28-29,31-32,34-36,38-39,41-42,44-60H2,1-3H3/b12-9-,18-15-,24-21-,30-27-,37-33+,43-40-. The summed E-state index contributed by atoms with van der Waals surface area (Å²) in [6.07, 6.45) is 74.7. The average molecular weight is 978 g/mol. The number of ether oxygens (including phenoxy) is 3.